The highest BCUT2D eigenvalue weighted by Crippen LogP contribution is 2.29. The van der Waals surface area contributed by atoms with E-state index in [0.717, 1.165) is 11.3 Å². The van der Waals surface area contributed by atoms with E-state index in [1.807, 2.05) is 13.8 Å². The van der Waals surface area contributed by atoms with Gasteiger partial charge in [-0.15, -0.1) is 0 Å². The van der Waals surface area contributed by atoms with E-state index in [-0.39, 0.29) is 17.4 Å². The molecule has 0 spiro atoms. The number of hydrogen-bond donors (Lipinski definition) is 4. The highest BCUT2D eigenvalue weighted by atomic mass is 16.6. The van der Waals surface area contributed by atoms with Crippen LogP contribution in [-0.2, 0) is 14.3 Å². The molecule has 0 bridgehead atoms. The van der Waals surface area contributed by atoms with Crippen molar-refractivity contribution in [3.05, 3.63) is 29.8 Å². The molecule has 1 aromatic carbocycles. The summed E-state index contributed by atoms with van der Waals surface area (Å²) in [6.07, 6.45) is 6.18. The first-order chi connectivity index (χ1) is 14.9. The number of phenolic OH excluding ortho intramolecular Hbond substituents is 1. The van der Waals surface area contributed by atoms with E-state index in [2.05, 4.69) is 16.7 Å². The minimum absolute atomic E-state index is 0.106. The molecule has 9 heteroatoms. The Bertz CT molecular complexity index is 843. The highest BCUT2D eigenvalue weighted by molar-refractivity contribution is 5.93. The van der Waals surface area contributed by atoms with Gasteiger partial charge in [0.15, 0.2) is 6.04 Å². The summed E-state index contributed by atoms with van der Waals surface area (Å²) >= 11 is 0. The molecular formula is C23H33N3O6. The lowest BCUT2D eigenvalue weighted by Gasteiger charge is -2.30. The van der Waals surface area contributed by atoms with Crippen molar-refractivity contribution in [1.82, 2.24) is 15.5 Å². The first-order valence-corrected chi connectivity index (χ1v) is 10.4. The van der Waals surface area contributed by atoms with E-state index in [1.165, 1.54) is 12.1 Å². The third kappa shape index (κ3) is 7.78. The van der Waals surface area contributed by atoms with Gasteiger partial charge in [-0.3, -0.25) is 14.5 Å². The fraction of sp³-hybridized carbons (Fsp3) is 0.522. The molecule has 0 aromatic heterocycles. The lowest BCUT2D eigenvalue weighted by molar-refractivity contribution is -0.139. The Morgan fingerprint density at radius 3 is 2.34 bits per heavy atom. The molecule has 3 unspecified atom stereocenters. The molecule has 0 fully saturated rings. The molecule has 9 nitrogen and oxygen atoms in total. The van der Waals surface area contributed by atoms with Gasteiger partial charge < -0.3 is 25.6 Å². The Hall–Kier alpha value is -3.25. The number of amides is 3. The molecule has 0 saturated heterocycles. The number of ether oxygens (including phenoxy) is 1. The van der Waals surface area contributed by atoms with Crippen molar-refractivity contribution in [2.24, 2.45) is 0 Å². The second-order valence-corrected chi connectivity index (χ2v) is 8.38. The second-order valence-electron chi connectivity index (χ2n) is 8.38. The molecule has 1 rings (SSSR count). The van der Waals surface area contributed by atoms with E-state index >= 15 is 0 Å². The Morgan fingerprint density at radius 1 is 1.22 bits per heavy atom. The van der Waals surface area contributed by atoms with E-state index in [9.17, 15) is 24.6 Å². The number of rotatable bonds is 9. The van der Waals surface area contributed by atoms with E-state index in [4.69, 9.17) is 11.2 Å². The van der Waals surface area contributed by atoms with E-state index < -0.39 is 42.2 Å². The SMILES string of the molecule is C#CN(C(=O)C(CO)NC(=O)OC(C)(C)C)C(C(=O)NC(C)CCC)c1ccccc1O. The smallest absolute Gasteiger partial charge is 0.408 e. The zero-order valence-electron chi connectivity index (χ0n) is 19.2. The van der Waals surface area contributed by atoms with Crippen molar-refractivity contribution < 1.29 is 29.3 Å². The fourth-order valence-electron chi connectivity index (χ4n) is 3.01. The first kappa shape index (κ1) is 26.8. The van der Waals surface area contributed by atoms with E-state index in [0.29, 0.717) is 6.42 Å². The van der Waals surface area contributed by atoms with Crippen LogP contribution in [0.4, 0.5) is 4.79 Å². The van der Waals surface area contributed by atoms with Crippen molar-refractivity contribution in [3.8, 4) is 18.2 Å². The molecule has 4 N–H and O–H groups in total. The quantitative estimate of drug-likeness (QED) is 0.339. The van der Waals surface area contributed by atoms with Crippen LogP contribution in [0.2, 0.25) is 0 Å². The second kappa shape index (κ2) is 12.0. The molecule has 176 valence electrons. The zero-order valence-corrected chi connectivity index (χ0v) is 19.2. The average Bonchev–Trinajstić information content (AvgIpc) is 2.69. The van der Waals surface area contributed by atoms with Gasteiger partial charge in [0.2, 0.25) is 5.91 Å². The predicted octanol–water partition coefficient (Wildman–Crippen LogP) is 2.04. The number of carbonyl (C=O) groups excluding carboxylic acids is 3. The number of aliphatic hydroxyl groups excluding tert-OH is 1. The van der Waals surface area contributed by atoms with Gasteiger partial charge in [0, 0.05) is 17.6 Å². The summed E-state index contributed by atoms with van der Waals surface area (Å²) in [5.74, 6) is -1.75. The molecule has 0 aliphatic carbocycles. The van der Waals surface area contributed by atoms with Gasteiger partial charge in [-0.05, 0) is 40.2 Å². The number of terminal acetylenes is 1. The van der Waals surface area contributed by atoms with Crippen LogP contribution in [0.1, 0.15) is 59.1 Å². The summed E-state index contributed by atoms with van der Waals surface area (Å²) in [6.45, 7) is 7.93. The van der Waals surface area contributed by atoms with Crippen LogP contribution in [0.15, 0.2) is 24.3 Å². The third-order valence-electron chi connectivity index (χ3n) is 4.40. The van der Waals surface area contributed by atoms with Crippen molar-refractivity contribution in [2.45, 2.75) is 71.2 Å². The predicted molar refractivity (Wildman–Crippen MR) is 119 cm³/mol. The number of alkyl carbamates (subject to hydrolysis) is 1. The molecule has 1 aromatic rings. The Morgan fingerprint density at radius 2 is 1.84 bits per heavy atom. The number of para-hydroxylation sites is 1. The lowest BCUT2D eigenvalue weighted by atomic mass is 10.0. The summed E-state index contributed by atoms with van der Waals surface area (Å²) in [7, 11) is 0. The number of hydrogen-bond acceptors (Lipinski definition) is 6. The minimum atomic E-state index is -1.46. The van der Waals surface area contributed by atoms with Gasteiger partial charge in [-0.25, -0.2) is 4.79 Å². The molecule has 3 atom stereocenters. The number of aliphatic hydroxyl groups is 1. The Kier molecular flexibility index (Phi) is 10.0. The van der Waals surface area contributed by atoms with Crippen molar-refractivity contribution in [2.75, 3.05) is 6.61 Å². The number of benzene rings is 1. The number of aromatic hydroxyl groups is 1. The average molecular weight is 448 g/mol. The normalized spacial score (nSPS) is 13.8. The molecule has 3 amide bonds. The maximum absolute atomic E-state index is 13.1. The van der Waals surface area contributed by atoms with Crippen LogP contribution in [0.25, 0.3) is 0 Å². The van der Waals surface area contributed by atoms with Crippen LogP contribution >= 0.6 is 0 Å². The molecular weight excluding hydrogens is 414 g/mol. The van der Waals surface area contributed by atoms with Crippen LogP contribution in [0.3, 0.4) is 0 Å². The molecule has 32 heavy (non-hydrogen) atoms. The van der Waals surface area contributed by atoms with Crippen LogP contribution in [0, 0.1) is 12.5 Å². The van der Waals surface area contributed by atoms with Gasteiger partial charge >= 0.3 is 6.09 Å². The standard InChI is InChI=1S/C23H33N3O6/c1-7-11-15(3)24-20(29)19(16-12-9-10-13-18(16)28)26(8-2)21(30)17(14-27)25-22(31)32-23(4,5)6/h2,9-10,12-13,15,17,19,27-28H,7,11,14H2,1,3-6H3,(H,24,29)(H,25,31). The van der Waals surface area contributed by atoms with Crippen LogP contribution < -0.4 is 10.6 Å². The molecule has 0 aliphatic heterocycles. The molecule has 0 heterocycles. The molecule has 0 saturated carbocycles. The maximum Gasteiger partial charge on any atom is 0.408 e. The summed E-state index contributed by atoms with van der Waals surface area (Å²) in [6, 6.07) is 5.10. The van der Waals surface area contributed by atoms with Gasteiger partial charge in [0.25, 0.3) is 5.91 Å². The first-order valence-electron chi connectivity index (χ1n) is 10.4. The van der Waals surface area contributed by atoms with Crippen molar-refractivity contribution >= 4 is 17.9 Å². The number of nitrogens with zero attached hydrogens (tertiary/aromatic N) is 1. The van der Waals surface area contributed by atoms with Crippen LogP contribution in [0.5, 0.6) is 5.75 Å². The molecule has 0 radical (unpaired) electrons. The summed E-state index contributed by atoms with van der Waals surface area (Å²) < 4.78 is 5.12. The monoisotopic (exact) mass is 447 g/mol. The highest BCUT2D eigenvalue weighted by Gasteiger charge is 2.37. The number of carbonyl (C=O) groups is 3. The lowest BCUT2D eigenvalue weighted by Crippen LogP contribution is -2.53. The van der Waals surface area contributed by atoms with Crippen molar-refractivity contribution in [3.63, 3.8) is 0 Å². The molecule has 0 aliphatic rings. The van der Waals surface area contributed by atoms with Gasteiger partial charge in [-0.2, -0.15) is 0 Å². The summed E-state index contributed by atoms with van der Waals surface area (Å²) in [4.78, 5) is 39.1. The zero-order chi connectivity index (χ0) is 24.5. The maximum atomic E-state index is 13.1. The topological polar surface area (TPSA) is 128 Å². The fourth-order valence-corrected chi connectivity index (χ4v) is 3.01. The third-order valence-corrected chi connectivity index (χ3v) is 4.40. The summed E-state index contributed by atoms with van der Waals surface area (Å²) in [5, 5.41) is 25.1. The Balaban J connectivity index is 3.28. The van der Waals surface area contributed by atoms with Crippen LogP contribution in [-0.4, -0.2) is 57.3 Å². The van der Waals surface area contributed by atoms with E-state index in [1.54, 1.807) is 32.9 Å². The number of nitrogens with one attached hydrogen (secondary N) is 2. The summed E-state index contributed by atoms with van der Waals surface area (Å²) in [5.41, 5.74) is -0.721. The van der Waals surface area contributed by atoms with Gasteiger partial charge in [-0.1, -0.05) is 38.0 Å². The minimum Gasteiger partial charge on any atom is -0.508 e. The number of phenols is 1. The largest absolute Gasteiger partial charge is 0.508 e. The van der Waals surface area contributed by atoms with Gasteiger partial charge in [0.1, 0.15) is 17.4 Å². The Labute approximate surface area is 189 Å². The van der Waals surface area contributed by atoms with Crippen molar-refractivity contribution in [1.29, 1.82) is 0 Å². The van der Waals surface area contributed by atoms with Gasteiger partial charge in [0.05, 0.1) is 6.61 Å².